The summed E-state index contributed by atoms with van der Waals surface area (Å²) in [6.45, 7) is 2.26. The SMILES string of the molecule is COc1ccc(-c2nc3c(C(=O)N4CCN([C@@H](CO)c5c(F)ccc(F)c5F)C[C@H]4C)cnn3c(C(F)(F)F)c2C)cc1. The van der Waals surface area contributed by atoms with Gasteiger partial charge in [0.25, 0.3) is 5.91 Å². The largest absolute Gasteiger partial charge is 0.497 e. The lowest BCUT2D eigenvalue weighted by atomic mass is 10.0. The molecule has 3 heterocycles. The molecule has 8 nitrogen and oxygen atoms in total. The number of aliphatic hydroxyl groups excluding tert-OH is 1. The Bertz CT molecular complexity index is 1670. The summed E-state index contributed by atoms with van der Waals surface area (Å²) in [7, 11) is 1.46. The molecule has 5 rings (SSSR count). The van der Waals surface area contributed by atoms with Crippen LogP contribution in [-0.4, -0.2) is 74.8 Å². The first kappa shape index (κ1) is 30.3. The van der Waals surface area contributed by atoms with Gasteiger partial charge in [0.15, 0.2) is 23.0 Å². The average Bonchev–Trinajstić information content (AvgIpc) is 3.39. The molecule has 0 unspecified atom stereocenters. The van der Waals surface area contributed by atoms with Crippen molar-refractivity contribution in [3.63, 3.8) is 0 Å². The first-order valence-electron chi connectivity index (χ1n) is 13.3. The Kier molecular flexibility index (Phi) is 8.09. The molecule has 0 spiro atoms. The zero-order valence-electron chi connectivity index (χ0n) is 23.3. The van der Waals surface area contributed by atoms with Crippen LogP contribution in [0.5, 0.6) is 5.75 Å². The van der Waals surface area contributed by atoms with Gasteiger partial charge in [0, 0.05) is 42.4 Å². The summed E-state index contributed by atoms with van der Waals surface area (Å²) in [4.78, 5) is 21.1. The second kappa shape index (κ2) is 11.5. The Morgan fingerprint density at radius 3 is 2.37 bits per heavy atom. The van der Waals surface area contributed by atoms with Crippen LogP contribution in [0.2, 0.25) is 0 Å². The van der Waals surface area contributed by atoms with E-state index in [0.717, 1.165) is 12.3 Å². The number of carbonyl (C=O) groups excluding carboxylic acids is 1. The van der Waals surface area contributed by atoms with Gasteiger partial charge < -0.3 is 14.7 Å². The highest BCUT2D eigenvalue weighted by atomic mass is 19.4. The molecule has 1 N–H and O–H groups in total. The summed E-state index contributed by atoms with van der Waals surface area (Å²) >= 11 is 0. The van der Waals surface area contributed by atoms with Gasteiger partial charge in [-0.15, -0.1) is 0 Å². The molecule has 0 aliphatic carbocycles. The zero-order valence-corrected chi connectivity index (χ0v) is 23.3. The predicted octanol–water partition coefficient (Wildman–Crippen LogP) is 5.03. The van der Waals surface area contributed by atoms with Gasteiger partial charge in [-0.1, -0.05) is 0 Å². The van der Waals surface area contributed by atoms with Crippen molar-refractivity contribution in [3.05, 3.63) is 82.4 Å². The number of ether oxygens (including phenoxy) is 1. The highest BCUT2D eigenvalue weighted by molar-refractivity contribution is 6.00. The number of nitrogens with zero attached hydrogens (tertiary/aromatic N) is 5. The third-order valence-electron chi connectivity index (χ3n) is 7.69. The van der Waals surface area contributed by atoms with Crippen LogP contribution in [0, 0.1) is 24.4 Å². The minimum Gasteiger partial charge on any atom is -0.497 e. The van der Waals surface area contributed by atoms with Crippen molar-refractivity contribution in [2.24, 2.45) is 0 Å². The highest BCUT2D eigenvalue weighted by Gasteiger charge is 2.40. The number of hydrogen-bond acceptors (Lipinski definition) is 6. The summed E-state index contributed by atoms with van der Waals surface area (Å²) in [5.41, 5.74) is -1.95. The number of hydrogen-bond donors (Lipinski definition) is 1. The fourth-order valence-corrected chi connectivity index (χ4v) is 5.55. The number of alkyl halides is 3. The summed E-state index contributed by atoms with van der Waals surface area (Å²) in [6.07, 6.45) is -3.79. The van der Waals surface area contributed by atoms with Crippen LogP contribution >= 0.6 is 0 Å². The molecule has 2 aromatic heterocycles. The smallest absolute Gasteiger partial charge is 0.433 e. The molecule has 1 aliphatic rings. The number of benzene rings is 2. The highest BCUT2D eigenvalue weighted by Crippen LogP contribution is 2.37. The number of piperazine rings is 1. The van der Waals surface area contributed by atoms with E-state index in [2.05, 4.69) is 10.1 Å². The molecule has 0 bridgehead atoms. The van der Waals surface area contributed by atoms with Gasteiger partial charge in [-0.3, -0.25) is 9.69 Å². The van der Waals surface area contributed by atoms with Gasteiger partial charge in [-0.05, 0) is 50.2 Å². The van der Waals surface area contributed by atoms with Gasteiger partial charge in [-0.2, -0.15) is 18.3 Å². The zero-order chi connectivity index (χ0) is 31.2. The van der Waals surface area contributed by atoms with Crippen molar-refractivity contribution in [1.82, 2.24) is 24.4 Å². The fraction of sp³-hybridized carbons (Fsp3) is 0.345. The van der Waals surface area contributed by atoms with Gasteiger partial charge in [-0.25, -0.2) is 22.7 Å². The van der Waals surface area contributed by atoms with Crippen LogP contribution in [0.25, 0.3) is 16.9 Å². The molecule has 1 saturated heterocycles. The van der Waals surface area contributed by atoms with Crippen molar-refractivity contribution in [2.75, 3.05) is 33.4 Å². The maximum atomic E-state index is 14.5. The molecule has 14 heteroatoms. The Morgan fingerprint density at radius 2 is 1.77 bits per heavy atom. The first-order valence-corrected chi connectivity index (χ1v) is 13.3. The average molecular weight is 608 g/mol. The normalized spacial score (nSPS) is 17.0. The maximum Gasteiger partial charge on any atom is 0.433 e. The van der Waals surface area contributed by atoms with Crippen molar-refractivity contribution in [3.8, 4) is 17.0 Å². The number of halogens is 6. The van der Waals surface area contributed by atoms with Crippen LogP contribution in [0.15, 0.2) is 42.6 Å². The quantitative estimate of drug-likeness (QED) is 0.245. The second-order valence-electron chi connectivity index (χ2n) is 10.3. The summed E-state index contributed by atoms with van der Waals surface area (Å²) < 4.78 is 91.5. The molecule has 2 aromatic carbocycles. The first-order chi connectivity index (χ1) is 20.4. The number of rotatable bonds is 6. The Hall–Kier alpha value is -4.17. The van der Waals surface area contributed by atoms with E-state index >= 15 is 0 Å². The van der Waals surface area contributed by atoms with E-state index in [1.54, 1.807) is 31.2 Å². The van der Waals surface area contributed by atoms with E-state index in [1.165, 1.54) is 23.8 Å². The Labute approximate surface area is 242 Å². The topological polar surface area (TPSA) is 83.2 Å². The predicted molar refractivity (Wildman–Crippen MR) is 143 cm³/mol. The van der Waals surface area contributed by atoms with E-state index in [0.29, 0.717) is 21.9 Å². The third kappa shape index (κ3) is 5.40. The fourth-order valence-electron chi connectivity index (χ4n) is 5.55. The van der Waals surface area contributed by atoms with Gasteiger partial charge in [0.05, 0.1) is 31.6 Å². The summed E-state index contributed by atoms with van der Waals surface area (Å²) in [5.74, 6) is -3.84. The molecular formula is C29H27F6N5O3. The van der Waals surface area contributed by atoms with Crippen molar-refractivity contribution in [1.29, 1.82) is 0 Å². The Balaban J connectivity index is 1.49. The van der Waals surface area contributed by atoms with E-state index in [4.69, 9.17) is 4.74 Å². The molecule has 2 atom stereocenters. The van der Waals surface area contributed by atoms with E-state index in [1.807, 2.05) is 0 Å². The molecule has 0 radical (unpaired) electrons. The number of methoxy groups -OCH3 is 1. The number of aliphatic hydroxyl groups is 1. The van der Waals surface area contributed by atoms with Gasteiger partial charge >= 0.3 is 6.18 Å². The van der Waals surface area contributed by atoms with Crippen LogP contribution in [-0.2, 0) is 6.18 Å². The molecule has 1 aliphatic heterocycles. The lowest BCUT2D eigenvalue weighted by molar-refractivity contribution is -0.143. The van der Waals surface area contributed by atoms with Crippen LogP contribution in [0.4, 0.5) is 26.3 Å². The minimum absolute atomic E-state index is 0.00425. The summed E-state index contributed by atoms with van der Waals surface area (Å²) in [6, 6.07) is 5.87. The summed E-state index contributed by atoms with van der Waals surface area (Å²) in [5, 5.41) is 13.8. The molecule has 228 valence electrons. The van der Waals surface area contributed by atoms with E-state index < -0.39 is 59.5 Å². The van der Waals surface area contributed by atoms with Crippen molar-refractivity contribution >= 4 is 11.6 Å². The van der Waals surface area contributed by atoms with E-state index in [9.17, 15) is 36.2 Å². The molecule has 0 saturated carbocycles. The van der Waals surface area contributed by atoms with Crippen molar-refractivity contribution < 1.29 is 41.0 Å². The number of carbonyl (C=O) groups is 1. The monoisotopic (exact) mass is 607 g/mol. The molecule has 43 heavy (non-hydrogen) atoms. The van der Waals surface area contributed by atoms with Crippen LogP contribution < -0.4 is 4.74 Å². The molecule has 1 amide bonds. The second-order valence-corrected chi connectivity index (χ2v) is 10.3. The standard InChI is InChI=1S/C29H27F6N5O3/c1-15-13-38(22(14-41)23-20(30)8-9-21(31)24(23)32)10-11-39(15)28(42)19-12-36-40-26(29(33,34)35)16(2)25(37-27(19)40)17-4-6-18(43-3)7-5-17/h4-9,12,15,22,41H,10-11,13-14H2,1-3H3/t15-,22+/m1/s1. The number of fused-ring (bicyclic) bond motifs is 1. The lowest BCUT2D eigenvalue weighted by Gasteiger charge is -2.43. The van der Waals surface area contributed by atoms with Crippen molar-refractivity contribution in [2.45, 2.75) is 32.1 Å². The third-order valence-corrected chi connectivity index (χ3v) is 7.69. The molecular weight excluding hydrogens is 580 g/mol. The van der Waals surface area contributed by atoms with E-state index in [-0.39, 0.29) is 42.1 Å². The van der Waals surface area contributed by atoms with Crippen LogP contribution in [0.1, 0.15) is 40.1 Å². The number of aromatic nitrogens is 3. The van der Waals surface area contributed by atoms with Gasteiger partial charge in [0.1, 0.15) is 17.1 Å². The van der Waals surface area contributed by atoms with Gasteiger partial charge in [0.2, 0.25) is 0 Å². The minimum atomic E-state index is -4.82. The molecule has 4 aromatic rings. The van der Waals surface area contributed by atoms with Crippen LogP contribution in [0.3, 0.4) is 0 Å². The Morgan fingerprint density at radius 1 is 1.09 bits per heavy atom. The lowest BCUT2D eigenvalue weighted by Crippen LogP contribution is -2.55. The maximum absolute atomic E-state index is 14.5. The molecule has 1 fully saturated rings. The number of amides is 1.